The molecule has 0 radical (unpaired) electrons. The fourth-order valence-electron chi connectivity index (χ4n) is 3.37. The third kappa shape index (κ3) is 2.98. The van der Waals surface area contributed by atoms with Gasteiger partial charge in [0, 0.05) is 17.7 Å². The molecule has 0 aliphatic heterocycles. The lowest BCUT2D eigenvalue weighted by Crippen LogP contribution is -2.50. The summed E-state index contributed by atoms with van der Waals surface area (Å²) in [6, 6.07) is 4.30. The van der Waals surface area contributed by atoms with E-state index in [0.29, 0.717) is 16.5 Å². The van der Waals surface area contributed by atoms with E-state index in [4.69, 9.17) is 22.2 Å². The average Bonchev–Trinajstić information content (AvgIpc) is 2.42. The number of ether oxygens (including phenoxy) is 1. The monoisotopic (exact) mass is 300 g/mol. The van der Waals surface area contributed by atoms with Crippen LogP contribution < -0.4 is 11.3 Å². The predicted molar refractivity (Wildman–Crippen MR) is 78.8 cm³/mol. The van der Waals surface area contributed by atoms with Gasteiger partial charge < -0.3 is 4.74 Å². The minimum Gasteiger partial charge on any atom is -0.376 e. The lowest BCUT2D eigenvalue weighted by molar-refractivity contribution is -0.0813. The molecule has 2 rings (SSSR count). The van der Waals surface area contributed by atoms with Crippen molar-refractivity contribution >= 4 is 11.6 Å². The molecular weight excluding hydrogens is 279 g/mol. The van der Waals surface area contributed by atoms with Gasteiger partial charge in [0.05, 0.1) is 11.6 Å². The van der Waals surface area contributed by atoms with E-state index in [-0.39, 0.29) is 11.9 Å². The first kappa shape index (κ1) is 15.7. The largest absolute Gasteiger partial charge is 0.376 e. The zero-order chi connectivity index (χ0) is 14.8. The van der Waals surface area contributed by atoms with Crippen LogP contribution in [0.2, 0.25) is 5.02 Å². The Labute approximate surface area is 124 Å². The maximum Gasteiger partial charge on any atom is 0.129 e. The van der Waals surface area contributed by atoms with Crippen molar-refractivity contribution in [2.45, 2.75) is 44.2 Å². The number of methoxy groups -OCH3 is 1. The number of halogens is 2. The predicted octanol–water partition coefficient (Wildman–Crippen LogP) is 3.58. The minimum absolute atomic E-state index is 0.352. The van der Waals surface area contributed by atoms with Crippen molar-refractivity contribution in [3.05, 3.63) is 34.6 Å². The summed E-state index contributed by atoms with van der Waals surface area (Å²) in [7, 11) is 1.68. The quantitative estimate of drug-likeness (QED) is 0.660. The molecule has 0 saturated heterocycles. The minimum atomic E-state index is -0.471. The smallest absolute Gasteiger partial charge is 0.129 e. The van der Waals surface area contributed by atoms with Crippen molar-refractivity contribution in [3.8, 4) is 0 Å². The van der Waals surface area contributed by atoms with Crippen molar-refractivity contribution < 1.29 is 9.13 Å². The fraction of sp³-hybridized carbons (Fsp3) is 0.600. The number of nitrogens with two attached hydrogens (primary N) is 1. The molecule has 0 spiro atoms. The van der Waals surface area contributed by atoms with Gasteiger partial charge in [-0.05, 0) is 30.9 Å². The number of hydrogen-bond acceptors (Lipinski definition) is 3. The van der Waals surface area contributed by atoms with Crippen LogP contribution in [-0.2, 0) is 4.74 Å². The first-order valence-corrected chi connectivity index (χ1v) is 7.36. The van der Waals surface area contributed by atoms with Crippen molar-refractivity contribution in [1.29, 1.82) is 0 Å². The van der Waals surface area contributed by atoms with E-state index >= 15 is 0 Å². The zero-order valence-electron chi connectivity index (χ0n) is 12.0. The van der Waals surface area contributed by atoms with Crippen molar-refractivity contribution in [2.24, 2.45) is 11.8 Å². The van der Waals surface area contributed by atoms with Crippen LogP contribution in [0.1, 0.15) is 44.2 Å². The van der Waals surface area contributed by atoms with Crippen LogP contribution in [0.3, 0.4) is 0 Å². The molecule has 3 N–H and O–H groups in total. The Morgan fingerprint density at radius 2 is 2.30 bits per heavy atom. The van der Waals surface area contributed by atoms with Gasteiger partial charge in [0.2, 0.25) is 0 Å². The third-order valence-electron chi connectivity index (χ3n) is 4.36. The van der Waals surface area contributed by atoms with Crippen LogP contribution in [-0.4, -0.2) is 12.7 Å². The third-order valence-corrected chi connectivity index (χ3v) is 4.60. The van der Waals surface area contributed by atoms with E-state index in [1.54, 1.807) is 19.2 Å². The molecule has 1 aliphatic carbocycles. The van der Waals surface area contributed by atoms with Gasteiger partial charge in [-0.2, -0.15) is 0 Å². The van der Waals surface area contributed by atoms with Crippen LogP contribution in [0.25, 0.3) is 0 Å². The maximum absolute atomic E-state index is 14.2. The highest BCUT2D eigenvalue weighted by Gasteiger charge is 2.43. The summed E-state index contributed by atoms with van der Waals surface area (Å²) in [5, 5.41) is 0.380. The molecule has 0 bridgehead atoms. The van der Waals surface area contributed by atoms with Crippen molar-refractivity contribution in [3.63, 3.8) is 0 Å². The zero-order valence-corrected chi connectivity index (χ0v) is 12.7. The highest BCUT2D eigenvalue weighted by atomic mass is 35.5. The molecule has 20 heavy (non-hydrogen) atoms. The molecule has 1 saturated carbocycles. The molecule has 1 aromatic carbocycles. The summed E-state index contributed by atoms with van der Waals surface area (Å²) < 4.78 is 20.0. The van der Waals surface area contributed by atoms with Gasteiger partial charge in [-0.1, -0.05) is 37.4 Å². The second-order valence-electron chi connectivity index (χ2n) is 5.74. The normalized spacial score (nSPS) is 28.4. The summed E-state index contributed by atoms with van der Waals surface area (Å²) in [5.41, 5.74) is 2.79. The number of rotatable bonds is 4. The summed E-state index contributed by atoms with van der Waals surface area (Å²) in [6.45, 7) is 2.19. The molecule has 0 aromatic heterocycles. The first-order valence-electron chi connectivity index (χ1n) is 6.98. The second kappa shape index (κ2) is 6.39. The maximum atomic E-state index is 14.2. The summed E-state index contributed by atoms with van der Waals surface area (Å²) >= 11 is 5.82. The lowest BCUT2D eigenvalue weighted by Gasteiger charge is -2.44. The molecule has 3 unspecified atom stereocenters. The van der Waals surface area contributed by atoms with Gasteiger partial charge in [-0.15, -0.1) is 0 Å². The van der Waals surface area contributed by atoms with Crippen LogP contribution in [0, 0.1) is 11.7 Å². The highest BCUT2D eigenvalue weighted by molar-refractivity contribution is 6.30. The fourth-order valence-corrected chi connectivity index (χ4v) is 3.53. The van der Waals surface area contributed by atoms with Crippen molar-refractivity contribution in [2.75, 3.05) is 7.11 Å². The highest BCUT2D eigenvalue weighted by Crippen LogP contribution is 2.43. The van der Waals surface area contributed by atoms with E-state index in [1.165, 1.54) is 12.5 Å². The summed E-state index contributed by atoms with van der Waals surface area (Å²) in [6.07, 6.45) is 3.96. The molecule has 112 valence electrons. The standard InChI is InChI=1S/C15H22ClFN2O/c1-10-4-3-7-15(9-10,20-2)14(19-18)12-6-5-11(16)8-13(12)17/h5-6,8,10,14,19H,3-4,7,9,18H2,1-2H3. The van der Waals surface area contributed by atoms with Crippen LogP contribution >= 0.6 is 11.6 Å². The van der Waals surface area contributed by atoms with E-state index in [2.05, 4.69) is 12.3 Å². The molecule has 3 nitrogen and oxygen atoms in total. The van der Waals surface area contributed by atoms with E-state index in [9.17, 15) is 4.39 Å². The summed E-state index contributed by atoms with van der Waals surface area (Å²) in [5.74, 6) is 5.90. The van der Waals surface area contributed by atoms with Gasteiger partial charge >= 0.3 is 0 Å². The molecule has 3 atom stereocenters. The van der Waals surface area contributed by atoms with Gasteiger partial charge in [0.25, 0.3) is 0 Å². The molecule has 1 aromatic rings. The van der Waals surface area contributed by atoms with Crippen LogP contribution in [0.15, 0.2) is 18.2 Å². The molecule has 5 heteroatoms. The molecule has 1 aliphatic rings. The van der Waals surface area contributed by atoms with Gasteiger partial charge in [0.1, 0.15) is 5.82 Å². The van der Waals surface area contributed by atoms with E-state index in [1.807, 2.05) is 0 Å². The number of hydrogen-bond donors (Lipinski definition) is 2. The molecule has 0 heterocycles. The van der Waals surface area contributed by atoms with Crippen LogP contribution in [0.4, 0.5) is 4.39 Å². The number of hydrazine groups is 1. The van der Waals surface area contributed by atoms with Gasteiger partial charge in [0.15, 0.2) is 0 Å². The topological polar surface area (TPSA) is 47.3 Å². The second-order valence-corrected chi connectivity index (χ2v) is 6.17. The first-order chi connectivity index (χ1) is 9.52. The van der Waals surface area contributed by atoms with Gasteiger partial charge in [-0.25, -0.2) is 9.82 Å². The molecule has 0 amide bonds. The Balaban J connectivity index is 2.38. The summed E-state index contributed by atoms with van der Waals surface area (Å²) in [4.78, 5) is 0. The van der Waals surface area contributed by atoms with Crippen molar-refractivity contribution in [1.82, 2.24) is 5.43 Å². The number of nitrogens with one attached hydrogen (secondary N) is 1. The molecule has 1 fully saturated rings. The average molecular weight is 301 g/mol. The van der Waals surface area contributed by atoms with E-state index in [0.717, 1.165) is 19.3 Å². The Hall–Kier alpha value is -0.680. The molecular formula is C15H22ClFN2O. The Bertz CT molecular complexity index is 471. The Morgan fingerprint density at radius 3 is 2.85 bits per heavy atom. The number of benzene rings is 1. The SMILES string of the molecule is COC1(C(NN)c2ccc(Cl)cc2F)CCCC(C)C1. The van der Waals surface area contributed by atoms with Gasteiger partial charge in [-0.3, -0.25) is 5.84 Å². The van der Waals surface area contributed by atoms with Crippen LogP contribution in [0.5, 0.6) is 0 Å². The van der Waals surface area contributed by atoms with E-state index < -0.39 is 5.60 Å². The Morgan fingerprint density at radius 1 is 1.55 bits per heavy atom. The Kier molecular flexibility index (Phi) is 5.02. The lowest BCUT2D eigenvalue weighted by atomic mass is 9.73.